The molecule has 0 radical (unpaired) electrons. The number of aryl methyl sites for hydroxylation is 1. The molecule has 0 amide bonds. The second-order valence-corrected chi connectivity index (χ2v) is 6.17. The number of esters is 1. The lowest BCUT2D eigenvalue weighted by Gasteiger charge is -2.07. The van der Waals surface area contributed by atoms with E-state index in [4.69, 9.17) is 18.3 Å². The number of carbonyl (C=O) groups excluding carboxylic acids is 1. The Morgan fingerprint density at radius 3 is 2.64 bits per heavy atom. The van der Waals surface area contributed by atoms with Crippen molar-refractivity contribution in [3.8, 4) is 11.5 Å². The molecule has 6 nitrogen and oxygen atoms in total. The SMILES string of the molecule is Cc1cc(=O)oc2cc(OC(=O)c3occc3COc3ccccc3)ccc12. The van der Waals surface area contributed by atoms with Gasteiger partial charge in [0, 0.05) is 23.1 Å². The van der Waals surface area contributed by atoms with Crippen LogP contribution in [0.4, 0.5) is 0 Å². The topological polar surface area (TPSA) is 78.9 Å². The van der Waals surface area contributed by atoms with Crippen LogP contribution >= 0.6 is 0 Å². The maximum Gasteiger partial charge on any atom is 0.380 e. The van der Waals surface area contributed by atoms with Gasteiger partial charge < -0.3 is 18.3 Å². The van der Waals surface area contributed by atoms with E-state index >= 15 is 0 Å². The highest BCUT2D eigenvalue weighted by Gasteiger charge is 2.19. The molecular formula is C22H16O6. The van der Waals surface area contributed by atoms with Crippen molar-refractivity contribution in [2.45, 2.75) is 13.5 Å². The largest absolute Gasteiger partial charge is 0.489 e. The third-order valence-electron chi connectivity index (χ3n) is 4.20. The molecule has 0 bridgehead atoms. The van der Waals surface area contributed by atoms with E-state index < -0.39 is 11.6 Å². The van der Waals surface area contributed by atoms with Gasteiger partial charge in [0.15, 0.2) is 0 Å². The minimum atomic E-state index is -0.661. The molecule has 4 aromatic rings. The van der Waals surface area contributed by atoms with E-state index in [2.05, 4.69) is 0 Å². The first-order valence-electron chi connectivity index (χ1n) is 8.61. The monoisotopic (exact) mass is 376 g/mol. The molecule has 0 aliphatic heterocycles. The minimum absolute atomic E-state index is 0.0572. The van der Waals surface area contributed by atoms with Gasteiger partial charge in [0.05, 0.1) is 6.26 Å². The maximum atomic E-state index is 12.5. The first kappa shape index (κ1) is 17.6. The molecule has 28 heavy (non-hydrogen) atoms. The van der Waals surface area contributed by atoms with Crippen molar-refractivity contribution >= 4 is 16.9 Å². The van der Waals surface area contributed by atoms with Crippen LogP contribution in [0, 0.1) is 6.92 Å². The van der Waals surface area contributed by atoms with E-state index in [-0.39, 0.29) is 18.1 Å². The molecule has 0 saturated heterocycles. The third kappa shape index (κ3) is 3.66. The molecule has 0 N–H and O–H groups in total. The second-order valence-electron chi connectivity index (χ2n) is 6.17. The summed E-state index contributed by atoms with van der Waals surface area (Å²) >= 11 is 0. The Balaban J connectivity index is 1.52. The summed E-state index contributed by atoms with van der Waals surface area (Å²) < 4.78 is 21.5. The first-order chi connectivity index (χ1) is 13.6. The zero-order chi connectivity index (χ0) is 19.5. The van der Waals surface area contributed by atoms with Gasteiger partial charge in [-0.3, -0.25) is 0 Å². The van der Waals surface area contributed by atoms with Crippen LogP contribution in [0.25, 0.3) is 11.0 Å². The summed E-state index contributed by atoms with van der Waals surface area (Å²) in [6.07, 6.45) is 1.41. The number of benzene rings is 2. The van der Waals surface area contributed by atoms with Gasteiger partial charge in [-0.15, -0.1) is 0 Å². The Hall–Kier alpha value is -3.80. The predicted octanol–water partition coefficient (Wildman–Crippen LogP) is 4.49. The summed E-state index contributed by atoms with van der Waals surface area (Å²) in [5, 5.41) is 0.773. The van der Waals surface area contributed by atoms with Crippen molar-refractivity contribution in [3.63, 3.8) is 0 Å². The number of hydrogen-bond donors (Lipinski definition) is 0. The Kier molecular flexibility index (Phi) is 4.68. The Morgan fingerprint density at radius 2 is 1.82 bits per heavy atom. The van der Waals surface area contributed by atoms with Crippen molar-refractivity contribution in [2.24, 2.45) is 0 Å². The molecule has 2 aromatic carbocycles. The maximum absolute atomic E-state index is 12.5. The molecular weight excluding hydrogens is 360 g/mol. The molecule has 0 spiro atoms. The number of rotatable bonds is 5. The summed E-state index contributed by atoms with van der Waals surface area (Å²) in [7, 11) is 0. The average Bonchev–Trinajstić information content (AvgIpc) is 3.15. The normalized spacial score (nSPS) is 10.8. The molecule has 2 aromatic heterocycles. The number of hydrogen-bond acceptors (Lipinski definition) is 6. The van der Waals surface area contributed by atoms with Crippen LogP contribution < -0.4 is 15.1 Å². The van der Waals surface area contributed by atoms with E-state index in [0.717, 1.165) is 10.9 Å². The lowest BCUT2D eigenvalue weighted by atomic mass is 10.1. The van der Waals surface area contributed by atoms with Gasteiger partial charge in [-0.1, -0.05) is 18.2 Å². The fourth-order valence-electron chi connectivity index (χ4n) is 2.83. The highest BCUT2D eigenvalue weighted by atomic mass is 16.5. The fourth-order valence-corrected chi connectivity index (χ4v) is 2.83. The molecule has 0 aliphatic carbocycles. The van der Waals surface area contributed by atoms with Gasteiger partial charge in [-0.2, -0.15) is 0 Å². The number of para-hydroxylation sites is 1. The molecule has 140 valence electrons. The van der Waals surface area contributed by atoms with Crippen molar-refractivity contribution in [2.75, 3.05) is 0 Å². The second kappa shape index (κ2) is 7.44. The zero-order valence-corrected chi connectivity index (χ0v) is 15.0. The number of fused-ring (bicyclic) bond motifs is 1. The fraction of sp³-hybridized carbons (Fsp3) is 0.0909. The van der Waals surface area contributed by atoms with Crippen LogP contribution in [0.2, 0.25) is 0 Å². The van der Waals surface area contributed by atoms with Crippen LogP contribution in [0.15, 0.2) is 80.6 Å². The van der Waals surface area contributed by atoms with Crippen LogP contribution in [-0.4, -0.2) is 5.97 Å². The standard InChI is InChI=1S/C22H16O6/c1-14-11-20(23)28-19-12-17(7-8-18(14)19)27-22(24)21-15(9-10-25-21)13-26-16-5-3-2-4-6-16/h2-12H,13H2,1H3. The molecule has 0 atom stereocenters. The average molecular weight is 376 g/mol. The molecule has 4 rings (SSSR count). The van der Waals surface area contributed by atoms with Crippen molar-refractivity contribution in [1.29, 1.82) is 0 Å². The molecule has 0 unspecified atom stereocenters. The van der Waals surface area contributed by atoms with E-state index in [1.54, 1.807) is 18.2 Å². The molecule has 0 aliphatic rings. The van der Waals surface area contributed by atoms with Crippen LogP contribution in [0.5, 0.6) is 11.5 Å². The van der Waals surface area contributed by atoms with Gasteiger partial charge in [-0.25, -0.2) is 9.59 Å². The van der Waals surface area contributed by atoms with Gasteiger partial charge in [0.1, 0.15) is 23.7 Å². The van der Waals surface area contributed by atoms with E-state index in [1.807, 2.05) is 37.3 Å². The van der Waals surface area contributed by atoms with Crippen molar-refractivity contribution in [3.05, 3.63) is 94.2 Å². The van der Waals surface area contributed by atoms with E-state index in [9.17, 15) is 9.59 Å². The molecule has 0 fully saturated rings. The molecule has 2 heterocycles. The van der Waals surface area contributed by atoms with E-state index in [0.29, 0.717) is 16.9 Å². The van der Waals surface area contributed by atoms with E-state index in [1.165, 1.54) is 18.4 Å². The van der Waals surface area contributed by atoms with Gasteiger partial charge >= 0.3 is 11.6 Å². The molecule has 6 heteroatoms. The highest BCUT2D eigenvalue weighted by Crippen LogP contribution is 2.24. The quantitative estimate of drug-likeness (QED) is 0.290. The number of ether oxygens (including phenoxy) is 2. The van der Waals surface area contributed by atoms with Gasteiger partial charge in [0.25, 0.3) is 0 Å². The summed E-state index contributed by atoms with van der Waals surface area (Å²) in [6.45, 7) is 1.98. The first-order valence-corrected chi connectivity index (χ1v) is 8.61. The Labute approximate surface area is 159 Å². The highest BCUT2D eigenvalue weighted by molar-refractivity contribution is 5.90. The number of carbonyl (C=O) groups is 1. The summed E-state index contributed by atoms with van der Waals surface area (Å²) in [6, 6.07) is 17.2. The zero-order valence-electron chi connectivity index (χ0n) is 15.0. The van der Waals surface area contributed by atoms with Crippen molar-refractivity contribution in [1.82, 2.24) is 0 Å². The van der Waals surface area contributed by atoms with Gasteiger partial charge in [-0.05, 0) is 42.8 Å². The molecule has 0 saturated carbocycles. The van der Waals surface area contributed by atoms with Crippen molar-refractivity contribution < 1.29 is 23.1 Å². The predicted molar refractivity (Wildman–Crippen MR) is 102 cm³/mol. The number of furan rings is 1. The summed E-state index contributed by atoms with van der Waals surface area (Å²) in [4.78, 5) is 24.1. The summed E-state index contributed by atoms with van der Waals surface area (Å²) in [5.41, 5.74) is 1.25. The van der Waals surface area contributed by atoms with Crippen LogP contribution in [-0.2, 0) is 6.61 Å². The lowest BCUT2D eigenvalue weighted by molar-refractivity contribution is 0.0697. The third-order valence-corrected chi connectivity index (χ3v) is 4.20. The van der Waals surface area contributed by atoms with Crippen LogP contribution in [0.1, 0.15) is 21.7 Å². The summed E-state index contributed by atoms with van der Waals surface area (Å²) in [5.74, 6) is 0.327. The Morgan fingerprint density at radius 1 is 1.00 bits per heavy atom. The lowest BCUT2D eigenvalue weighted by Crippen LogP contribution is -2.11. The minimum Gasteiger partial charge on any atom is -0.489 e. The Bertz CT molecular complexity index is 1190. The van der Waals surface area contributed by atoms with Crippen LogP contribution in [0.3, 0.4) is 0 Å². The smallest absolute Gasteiger partial charge is 0.380 e. The van der Waals surface area contributed by atoms with Gasteiger partial charge in [0.2, 0.25) is 5.76 Å².